The Morgan fingerprint density at radius 3 is 3.06 bits per heavy atom. The first-order chi connectivity index (χ1) is 8.35. The summed E-state index contributed by atoms with van der Waals surface area (Å²) in [7, 11) is 1.94. The maximum Gasteiger partial charge on any atom is 0.152 e. The van der Waals surface area contributed by atoms with E-state index in [-0.39, 0.29) is 0 Å². The van der Waals surface area contributed by atoms with Crippen molar-refractivity contribution in [1.29, 1.82) is 0 Å². The third kappa shape index (κ3) is 2.63. The Bertz CT molecular complexity index is 540. The van der Waals surface area contributed by atoms with E-state index in [4.69, 9.17) is 0 Å². The summed E-state index contributed by atoms with van der Waals surface area (Å²) < 4.78 is 0. The van der Waals surface area contributed by atoms with Crippen molar-refractivity contribution in [2.45, 2.75) is 6.42 Å². The lowest BCUT2D eigenvalue weighted by molar-refractivity contribution is 0.112. The zero-order valence-corrected chi connectivity index (χ0v) is 9.86. The van der Waals surface area contributed by atoms with Crippen LogP contribution in [0.2, 0.25) is 0 Å². The lowest BCUT2D eigenvalue weighted by Crippen LogP contribution is -2.05. The Morgan fingerprint density at radius 2 is 2.29 bits per heavy atom. The van der Waals surface area contributed by atoms with Crippen LogP contribution in [-0.4, -0.2) is 24.9 Å². The molecular weight excluding hydrogens is 212 g/mol. The SMILES string of the molecule is CNCCC=Cc1ccc2c(C=O)c[nH]c2c1. The van der Waals surface area contributed by atoms with Crippen molar-refractivity contribution < 1.29 is 4.79 Å². The van der Waals surface area contributed by atoms with Gasteiger partial charge in [-0.25, -0.2) is 0 Å². The zero-order chi connectivity index (χ0) is 12.1. The molecule has 1 heterocycles. The van der Waals surface area contributed by atoms with Gasteiger partial charge < -0.3 is 10.3 Å². The van der Waals surface area contributed by atoms with Gasteiger partial charge in [-0.2, -0.15) is 0 Å². The molecule has 0 radical (unpaired) electrons. The average molecular weight is 228 g/mol. The van der Waals surface area contributed by atoms with Crippen LogP contribution in [0.25, 0.3) is 17.0 Å². The quantitative estimate of drug-likeness (QED) is 0.610. The molecule has 0 fully saturated rings. The molecule has 2 rings (SSSR count). The average Bonchev–Trinajstić information content (AvgIpc) is 2.77. The lowest BCUT2D eigenvalue weighted by atomic mass is 10.1. The summed E-state index contributed by atoms with van der Waals surface area (Å²) in [5.41, 5.74) is 2.86. The molecule has 17 heavy (non-hydrogen) atoms. The molecular formula is C14H16N2O. The second-order valence-electron chi connectivity index (χ2n) is 3.96. The summed E-state index contributed by atoms with van der Waals surface area (Å²) >= 11 is 0. The van der Waals surface area contributed by atoms with Gasteiger partial charge in [0, 0.05) is 22.7 Å². The van der Waals surface area contributed by atoms with Crippen LogP contribution in [0.15, 0.2) is 30.5 Å². The highest BCUT2D eigenvalue weighted by molar-refractivity contribution is 5.97. The minimum atomic E-state index is 0.714. The van der Waals surface area contributed by atoms with Crippen LogP contribution in [0.4, 0.5) is 0 Å². The molecule has 2 N–H and O–H groups in total. The van der Waals surface area contributed by atoms with Crippen molar-refractivity contribution in [3.63, 3.8) is 0 Å². The van der Waals surface area contributed by atoms with E-state index in [0.29, 0.717) is 5.56 Å². The number of benzene rings is 1. The number of H-pyrrole nitrogens is 1. The molecule has 3 heteroatoms. The molecule has 88 valence electrons. The van der Waals surface area contributed by atoms with Crippen molar-refractivity contribution in [2.24, 2.45) is 0 Å². The number of aromatic amines is 1. The van der Waals surface area contributed by atoms with E-state index >= 15 is 0 Å². The molecule has 0 aliphatic rings. The van der Waals surface area contributed by atoms with Gasteiger partial charge in [0.05, 0.1) is 0 Å². The van der Waals surface area contributed by atoms with Crippen molar-refractivity contribution >= 4 is 23.3 Å². The molecule has 0 atom stereocenters. The van der Waals surface area contributed by atoms with Gasteiger partial charge in [0.2, 0.25) is 0 Å². The zero-order valence-electron chi connectivity index (χ0n) is 9.86. The number of rotatable bonds is 5. The Labute approximate surface area is 101 Å². The molecule has 2 aromatic rings. The summed E-state index contributed by atoms with van der Waals surface area (Å²) in [5.74, 6) is 0. The standard InChI is InChI=1S/C14H16N2O/c1-15-7-3-2-4-11-5-6-13-12(10-17)9-16-14(13)8-11/h2,4-6,8-10,15-16H,3,7H2,1H3. The van der Waals surface area contributed by atoms with Gasteiger partial charge >= 0.3 is 0 Å². The summed E-state index contributed by atoms with van der Waals surface area (Å²) in [6.45, 7) is 0.983. The Balaban J connectivity index is 2.20. The number of hydrogen-bond acceptors (Lipinski definition) is 2. The smallest absolute Gasteiger partial charge is 0.152 e. The fourth-order valence-electron chi connectivity index (χ4n) is 1.81. The Morgan fingerprint density at radius 1 is 1.41 bits per heavy atom. The molecule has 0 unspecified atom stereocenters. The van der Waals surface area contributed by atoms with E-state index in [1.807, 2.05) is 19.2 Å². The minimum absolute atomic E-state index is 0.714. The van der Waals surface area contributed by atoms with Gasteiger partial charge in [0.25, 0.3) is 0 Å². The summed E-state index contributed by atoms with van der Waals surface area (Å²) in [6, 6.07) is 6.06. The summed E-state index contributed by atoms with van der Waals surface area (Å²) in [5, 5.41) is 4.08. The van der Waals surface area contributed by atoms with Crippen molar-refractivity contribution in [1.82, 2.24) is 10.3 Å². The molecule has 0 aliphatic carbocycles. The minimum Gasteiger partial charge on any atom is -0.360 e. The van der Waals surface area contributed by atoms with Crippen LogP contribution in [0.1, 0.15) is 22.3 Å². The van der Waals surface area contributed by atoms with Crippen LogP contribution < -0.4 is 5.32 Å². The highest BCUT2D eigenvalue weighted by Crippen LogP contribution is 2.19. The normalized spacial score (nSPS) is 11.4. The fourth-order valence-corrected chi connectivity index (χ4v) is 1.81. The molecule has 0 bridgehead atoms. The maximum atomic E-state index is 10.8. The van der Waals surface area contributed by atoms with Crippen LogP contribution in [-0.2, 0) is 0 Å². The third-order valence-electron chi connectivity index (χ3n) is 2.74. The molecule has 0 saturated heterocycles. The topological polar surface area (TPSA) is 44.9 Å². The Hall–Kier alpha value is -1.87. The largest absolute Gasteiger partial charge is 0.360 e. The monoisotopic (exact) mass is 228 g/mol. The van der Waals surface area contributed by atoms with E-state index in [2.05, 4.69) is 28.5 Å². The number of aromatic nitrogens is 1. The van der Waals surface area contributed by atoms with Gasteiger partial charge in [-0.05, 0) is 31.6 Å². The van der Waals surface area contributed by atoms with Gasteiger partial charge in [0.15, 0.2) is 6.29 Å². The van der Waals surface area contributed by atoms with Gasteiger partial charge in [0.1, 0.15) is 0 Å². The van der Waals surface area contributed by atoms with Gasteiger partial charge in [-0.15, -0.1) is 0 Å². The lowest BCUT2D eigenvalue weighted by Gasteiger charge is -1.96. The van der Waals surface area contributed by atoms with Gasteiger partial charge in [-0.3, -0.25) is 4.79 Å². The third-order valence-corrected chi connectivity index (χ3v) is 2.74. The van der Waals surface area contributed by atoms with Crippen LogP contribution >= 0.6 is 0 Å². The molecule has 1 aromatic heterocycles. The number of aldehydes is 1. The Kier molecular flexibility index (Phi) is 3.73. The van der Waals surface area contributed by atoms with Crippen LogP contribution in [0.5, 0.6) is 0 Å². The highest BCUT2D eigenvalue weighted by Gasteiger charge is 2.01. The van der Waals surface area contributed by atoms with E-state index in [1.54, 1.807) is 6.20 Å². The van der Waals surface area contributed by atoms with Crippen LogP contribution in [0, 0.1) is 0 Å². The van der Waals surface area contributed by atoms with Crippen molar-refractivity contribution in [3.8, 4) is 0 Å². The second-order valence-corrected chi connectivity index (χ2v) is 3.96. The molecule has 3 nitrogen and oxygen atoms in total. The van der Waals surface area contributed by atoms with E-state index in [1.165, 1.54) is 0 Å². The van der Waals surface area contributed by atoms with E-state index in [9.17, 15) is 4.79 Å². The first-order valence-corrected chi connectivity index (χ1v) is 5.72. The molecule has 0 aliphatic heterocycles. The molecule has 0 amide bonds. The number of fused-ring (bicyclic) bond motifs is 1. The molecule has 0 spiro atoms. The van der Waals surface area contributed by atoms with E-state index < -0.39 is 0 Å². The van der Waals surface area contributed by atoms with Crippen molar-refractivity contribution in [3.05, 3.63) is 41.6 Å². The summed E-state index contributed by atoms with van der Waals surface area (Å²) in [6.07, 6.45) is 7.87. The maximum absolute atomic E-state index is 10.8. The first-order valence-electron chi connectivity index (χ1n) is 5.72. The predicted octanol–water partition coefficient (Wildman–Crippen LogP) is 2.60. The van der Waals surface area contributed by atoms with E-state index in [0.717, 1.165) is 35.7 Å². The number of nitrogens with one attached hydrogen (secondary N) is 2. The van der Waals surface area contributed by atoms with Gasteiger partial charge in [-0.1, -0.05) is 24.3 Å². The predicted molar refractivity (Wildman–Crippen MR) is 71.3 cm³/mol. The number of hydrogen-bond donors (Lipinski definition) is 2. The molecule has 1 aromatic carbocycles. The number of carbonyl (C=O) groups excluding carboxylic acids is 1. The fraction of sp³-hybridized carbons (Fsp3) is 0.214. The summed E-state index contributed by atoms with van der Waals surface area (Å²) in [4.78, 5) is 13.9. The van der Waals surface area contributed by atoms with Crippen LogP contribution in [0.3, 0.4) is 0 Å². The molecule has 0 saturated carbocycles. The number of carbonyl (C=O) groups is 1. The van der Waals surface area contributed by atoms with Crippen molar-refractivity contribution in [2.75, 3.05) is 13.6 Å². The highest BCUT2D eigenvalue weighted by atomic mass is 16.1. The second kappa shape index (κ2) is 5.46. The first kappa shape index (κ1) is 11.6.